The van der Waals surface area contributed by atoms with E-state index >= 15 is 0 Å². The van der Waals surface area contributed by atoms with Crippen LogP contribution < -0.4 is 10.1 Å². The fourth-order valence-corrected chi connectivity index (χ4v) is 3.37. The van der Waals surface area contributed by atoms with Crippen molar-refractivity contribution in [2.75, 3.05) is 26.7 Å². The summed E-state index contributed by atoms with van der Waals surface area (Å²) in [5.41, 5.74) is 4.06. The van der Waals surface area contributed by atoms with Gasteiger partial charge in [0.15, 0.2) is 0 Å². The summed E-state index contributed by atoms with van der Waals surface area (Å²) in [5, 5.41) is 3.12. The molecular formula is C22H30N2O2. The SMILES string of the molecule is CCN(CC)C(CNC(=O)c1cc(C)cc(C)c1)c1cccc(OC)c1. The van der Waals surface area contributed by atoms with Gasteiger partial charge in [-0.2, -0.15) is 0 Å². The monoisotopic (exact) mass is 354 g/mol. The van der Waals surface area contributed by atoms with Gasteiger partial charge in [-0.3, -0.25) is 9.69 Å². The van der Waals surface area contributed by atoms with Crippen LogP contribution in [0.25, 0.3) is 0 Å². The van der Waals surface area contributed by atoms with Crippen LogP contribution in [0.1, 0.15) is 46.9 Å². The van der Waals surface area contributed by atoms with Crippen molar-refractivity contribution < 1.29 is 9.53 Å². The van der Waals surface area contributed by atoms with E-state index in [-0.39, 0.29) is 11.9 Å². The number of carbonyl (C=O) groups is 1. The molecule has 0 saturated heterocycles. The predicted octanol–water partition coefficient (Wildman–Crippen LogP) is 4.12. The molecular weight excluding hydrogens is 324 g/mol. The third-order valence-electron chi connectivity index (χ3n) is 4.67. The summed E-state index contributed by atoms with van der Waals surface area (Å²) in [7, 11) is 1.67. The van der Waals surface area contributed by atoms with Gasteiger partial charge in [0.1, 0.15) is 5.75 Å². The Morgan fingerprint density at radius 2 is 1.73 bits per heavy atom. The zero-order valence-electron chi connectivity index (χ0n) is 16.5. The molecule has 2 aromatic carbocycles. The first-order valence-corrected chi connectivity index (χ1v) is 9.23. The third kappa shape index (κ3) is 5.09. The molecule has 2 rings (SSSR count). The molecule has 0 spiro atoms. The number of nitrogens with one attached hydrogen (secondary N) is 1. The first kappa shape index (κ1) is 20.0. The number of methoxy groups -OCH3 is 1. The molecule has 1 unspecified atom stereocenters. The standard InChI is InChI=1S/C22H30N2O2/c1-6-24(7-2)21(18-9-8-10-20(14-18)26-5)15-23-22(25)19-12-16(3)11-17(4)13-19/h8-14,21H,6-7,15H2,1-5H3,(H,23,25). The Kier molecular flexibility index (Phi) is 7.22. The summed E-state index contributed by atoms with van der Waals surface area (Å²) < 4.78 is 5.37. The largest absolute Gasteiger partial charge is 0.497 e. The predicted molar refractivity (Wildman–Crippen MR) is 107 cm³/mol. The summed E-state index contributed by atoms with van der Waals surface area (Å²) in [4.78, 5) is 15.0. The average Bonchev–Trinajstić information content (AvgIpc) is 2.64. The van der Waals surface area contributed by atoms with Crippen molar-refractivity contribution in [1.82, 2.24) is 10.2 Å². The fraction of sp³-hybridized carbons (Fsp3) is 0.409. The van der Waals surface area contributed by atoms with E-state index in [4.69, 9.17) is 4.74 Å². The lowest BCUT2D eigenvalue weighted by molar-refractivity contribution is 0.0934. The van der Waals surface area contributed by atoms with Gasteiger partial charge >= 0.3 is 0 Å². The number of amides is 1. The lowest BCUT2D eigenvalue weighted by Crippen LogP contribution is -2.38. The number of likely N-dealkylation sites (N-methyl/N-ethyl adjacent to an activating group) is 1. The molecule has 140 valence electrons. The molecule has 1 N–H and O–H groups in total. The molecule has 1 atom stereocenters. The number of hydrogen-bond donors (Lipinski definition) is 1. The number of ether oxygens (including phenoxy) is 1. The highest BCUT2D eigenvalue weighted by molar-refractivity contribution is 5.94. The second kappa shape index (κ2) is 9.39. The summed E-state index contributed by atoms with van der Waals surface area (Å²) in [6.45, 7) is 10.7. The molecule has 0 aliphatic heterocycles. The van der Waals surface area contributed by atoms with Gasteiger partial charge in [0.2, 0.25) is 0 Å². The molecule has 0 aliphatic carbocycles. The molecule has 0 aliphatic rings. The molecule has 0 heterocycles. The van der Waals surface area contributed by atoms with Crippen molar-refractivity contribution in [3.05, 3.63) is 64.7 Å². The molecule has 26 heavy (non-hydrogen) atoms. The number of aryl methyl sites for hydroxylation is 2. The zero-order valence-corrected chi connectivity index (χ0v) is 16.5. The van der Waals surface area contributed by atoms with Crippen molar-refractivity contribution in [2.45, 2.75) is 33.7 Å². The molecule has 2 aromatic rings. The molecule has 0 radical (unpaired) electrons. The van der Waals surface area contributed by atoms with Crippen molar-refractivity contribution in [3.8, 4) is 5.75 Å². The third-order valence-corrected chi connectivity index (χ3v) is 4.67. The van der Waals surface area contributed by atoms with Crippen molar-refractivity contribution in [2.24, 2.45) is 0 Å². The van der Waals surface area contributed by atoms with Crippen LogP contribution in [-0.2, 0) is 0 Å². The minimum Gasteiger partial charge on any atom is -0.497 e. The van der Waals surface area contributed by atoms with Crippen molar-refractivity contribution in [3.63, 3.8) is 0 Å². The Hall–Kier alpha value is -2.33. The molecule has 0 bridgehead atoms. The number of carbonyl (C=O) groups excluding carboxylic acids is 1. The van der Waals surface area contributed by atoms with Gasteiger partial charge in [0, 0.05) is 12.1 Å². The van der Waals surface area contributed by atoms with E-state index in [0.29, 0.717) is 12.1 Å². The molecule has 1 amide bonds. The van der Waals surface area contributed by atoms with Gasteiger partial charge in [0.05, 0.1) is 13.2 Å². The average molecular weight is 354 g/mol. The van der Waals surface area contributed by atoms with E-state index in [2.05, 4.69) is 36.2 Å². The quantitative estimate of drug-likeness (QED) is 0.775. The van der Waals surface area contributed by atoms with Crippen LogP contribution in [0.4, 0.5) is 0 Å². The fourth-order valence-electron chi connectivity index (χ4n) is 3.37. The smallest absolute Gasteiger partial charge is 0.251 e. The van der Waals surface area contributed by atoms with Crippen LogP contribution in [0.5, 0.6) is 5.75 Å². The van der Waals surface area contributed by atoms with Gasteiger partial charge in [-0.05, 0) is 56.8 Å². The van der Waals surface area contributed by atoms with Crippen LogP contribution in [-0.4, -0.2) is 37.6 Å². The molecule has 4 heteroatoms. The topological polar surface area (TPSA) is 41.6 Å². The normalized spacial score (nSPS) is 12.1. The van der Waals surface area contributed by atoms with E-state index in [9.17, 15) is 4.79 Å². The highest BCUT2D eigenvalue weighted by Crippen LogP contribution is 2.24. The molecule has 0 aromatic heterocycles. The van der Waals surface area contributed by atoms with Gasteiger partial charge in [-0.25, -0.2) is 0 Å². The summed E-state index contributed by atoms with van der Waals surface area (Å²) in [6.07, 6.45) is 0. The van der Waals surface area contributed by atoms with Gasteiger partial charge in [-0.1, -0.05) is 43.2 Å². The minimum absolute atomic E-state index is 0.0307. The molecule has 4 nitrogen and oxygen atoms in total. The Labute approximate surface area is 157 Å². The van der Waals surface area contributed by atoms with Gasteiger partial charge in [-0.15, -0.1) is 0 Å². The zero-order chi connectivity index (χ0) is 19.1. The van der Waals surface area contributed by atoms with Gasteiger partial charge in [0.25, 0.3) is 5.91 Å². The van der Waals surface area contributed by atoms with Gasteiger partial charge < -0.3 is 10.1 Å². The van der Waals surface area contributed by atoms with Crippen LogP contribution in [0, 0.1) is 13.8 Å². The molecule has 0 fully saturated rings. The van der Waals surface area contributed by atoms with Crippen LogP contribution in [0.3, 0.4) is 0 Å². The Balaban J connectivity index is 2.19. The lowest BCUT2D eigenvalue weighted by atomic mass is 10.0. The van der Waals surface area contributed by atoms with E-state index in [1.54, 1.807) is 7.11 Å². The Bertz CT molecular complexity index is 718. The second-order valence-corrected chi connectivity index (χ2v) is 6.60. The maximum atomic E-state index is 12.7. The summed E-state index contributed by atoms with van der Waals surface area (Å²) >= 11 is 0. The number of rotatable bonds is 8. The van der Waals surface area contributed by atoms with E-state index < -0.39 is 0 Å². The second-order valence-electron chi connectivity index (χ2n) is 6.60. The molecule has 0 saturated carbocycles. The maximum Gasteiger partial charge on any atom is 0.251 e. The highest BCUT2D eigenvalue weighted by Gasteiger charge is 2.20. The maximum absolute atomic E-state index is 12.7. The van der Waals surface area contributed by atoms with Crippen LogP contribution in [0.15, 0.2) is 42.5 Å². The van der Waals surface area contributed by atoms with E-state index in [1.165, 1.54) is 0 Å². The van der Waals surface area contributed by atoms with E-state index in [1.807, 2.05) is 44.2 Å². The van der Waals surface area contributed by atoms with Crippen molar-refractivity contribution in [1.29, 1.82) is 0 Å². The van der Waals surface area contributed by atoms with Crippen LogP contribution in [0.2, 0.25) is 0 Å². The number of hydrogen-bond acceptors (Lipinski definition) is 3. The Morgan fingerprint density at radius 3 is 2.31 bits per heavy atom. The van der Waals surface area contributed by atoms with Crippen LogP contribution >= 0.6 is 0 Å². The first-order valence-electron chi connectivity index (χ1n) is 9.23. The van der Waals surface area contributed by atoms with Crippen molar-refractivity contribution >= 4 is 5.91 Å². The first-order chi connectivity index (χ1) is 12.5. The summed E-state index contributed by atoms with van der Waals surface area (Å²) in [6, 6.07) is 14.1. The number of nitrogens with zero attached hydrogens (tertiary/aromatic N) is 1. The van der Waals surface area contributed by atoms with E-state index in [0.717, 1.165) is 35.5 Å². The lowest BCUT2D eigenvalue weighted by Gasteiger charge is -2.30. The minimum atomic E-state index is -0.0307. The highest BCUT2D eigenvalue weighted by atomic mass is 16.5. The Morgan fingerprint density at radius 1 is 1.08 bits per heavy atom. The number of benzene rings is 2. The summed E-state index contributed by atoms with van der Waals surface area (Å²) in [5.74, 6) is 0.803.